The van der Waals surface area contributed by atoms with Crippen LogP contribution in [0.3, 0.4) is 0 Å². The smallest absolute Gasteiger partial charge is 0.0480 e. The van der Waals surface area contributed by atoms with Crippen molar-refractivity contribution in [3.63, 3.8) is 0 Å². The Morgan fingerprint density at radius 1 is 0.773 bits per heavy atom. The van der Waals surface area contributed by atoms with Crippen molar-refractivity contribution in [2.45, 2.75) is 32.0 Å². The number of hydrogen-bond donors (Lipinski definition) is 0. The molecule has 0 amide bonds. The molecule has 0 saturated carbocycles. The van der Waals surface area contributed by atoms with Crippen LogP contribution >= 0.6 is 12.4 Å². The molecule has 3 rings (SSSR count). The molecule has 1 heterocycles. The molecule has 0 atom stereocenters. The Kier molecular flexibility index (Phi) is 6.91. The minimum atomic E-state index is 0. The van der Waals surface area contributed by atoms with Gasteiger partial charge in [0.2, 0.25) is 0 Å². The first kappa shape index (κ1) is 17.0. The van der Waals surface area contributed by atoms with E-state index in [1.807, 2.05) is 0 Å². The lowest BCUT2D eigenvalue weighted by molar-refractivity contribution is 0.0277. The van der Waals surface area contributed by atoms with Crippen LogP contribution in [0.2, 0.25) is 0 Å². The molecule has 2 aromatic carbocycles. The average Bonchev–Trinajstić information content (AvgIpc) is 2.57. The maximum Gasteiger partial charge on any atom is 0.0480 e. The lowest BCUT2D eigenvalue weighted by Gasteiger charge is -2.34. The Morgan fingerprint density at radius 3 is 1.68 bits per heavy atom. The molecule has 22 heavy (non-hydrogen) atoms. The van der Waals surface area contributed by atoms with Crippen molar-refractivity contribution in [1.29, 1.82) is 0 Å². The van der Waals surface area contributed by atoms with Gasteiger partial charge in [-0.05, 0) is 24.0 Å². The van der Waals surface area contributed by atoms with Crippen LogP contribution in [0.1, 0.15) is 24.0 Å². The van der Waals surface area contributed by atoms with Crippen molar-refractivity contribution in [2.24, 2.45) is 0 Å². The van der Waals surface area contributed by atoms with E-state index in [0.29, 0.717) is 6.04 Å². The summed E-state index contributed by atoms with van der Waals surface area (Å²) >= 11 is 0. The van der Waals surface area contributed by atoms with E-state index in [2.05, 4.69) is 65.6 Å². The number of ether oxygens (including phenoxy) is 1. The van der Waals surface area contributed by atoms with Gasteiger partial charge in [-0.15, -0.1) is 12.4 Å². The highest BCUT2D eigenvalue weighted by Gasteiger charge is 2.21. The summed E-state index contributed by atoms with van der Waals surface area (Å²) in [5.41, 5.74) is 2.78. The predicted molar refractivity (Wildman–Crippen MR) is 93.2 cm³/mol. The van der Waals surface area contributed by atoms with Gasteiger partial charge in [-0.2, -0.15) is 0 Å². The summed E-state index contributed by atoms with van der Waals surface area (Å²) < 4.78 is 5.52. The topological polar surface area (TPSA) is 12.5 Å². The van der Waals surface area contributed by atoms with Crippen LogP contribution in [0.5, 0.6) is 0 Å². The summed E-state index contributed by atoms with van der Waals surface area (Å²) in [6.45, 7) is 3.82. The molecule has 2 nitrogen and oxygen atoms in total. The highest BCUT2D eigenvalue weighted by molar-refractivity contribution is 5.85. The molecule has 0 N–H and O–H groups in total. The normalized spacial score (nSPS) is 15.5. The fourth-order valence-electron chi connectivity index (χ4n) is 3.00. The van der Waals surface area contributed by atoms with Gasteiger partial charge in [0, 0.05) is 32.3 Å². The van der Waals surface area contributed by atoms with Gasteiger partial charge in [0.15, 0.2) is 0 Å². The molecule has 0 radical (unpaired) electrons. The molecule has 2 aromatic rings. The molecule has 3 heteroatoms. The summed E-state index contributed by atoms with van der Waals surface area (Å²) in [5.74, 6) is 0. The maximum absolute atomic E-state index is 5.52. The summed E-state index contributed by atoms with van der Waals surface area (Å²) in [7, 11) is 0. The zero-order valence-corrected chi connectivity index (χ0v) is 13.7. The molecule has 0 unspecified atom stereocenters. The Balaban J connectivity index is 0.00000176. The zero-order chi connectivity index (χ0) is 14.3. The van der Waals surface area contributed by atoms with Gasteiger partial charge in [0.1, 0.15) is 0 Å². The number of halogens is 1. The lowest BCUT2D eigenvalue weighted by atomic mass is 10.0. The summed E-state index contributed by atoms with van der Waals surface area (Å²) in [5, 5.41) is 0. The molecule has 1 aliphatic heterocycles. The second kappa shape index (κ2) is 8.94. The van der Waals surface area contributed by atoms with Gasteiger partial charge in [0.05, 0.1) is 0 Å². The van der Waals surface area contributed by atoms with E-state index in [1.54, 1.807) is 0 Å². The van der Waals surface area contributed by atoms with E-state index < -0.39 is 0 Å². The largest absolute Gasteiger partial charge is 0.381 e. The summed E-state index contributed by atoms with van der Waals surface area (Å²) in [6, 6.07) is 22.2. The highest BCUT2D eigenvalue weighted by atomic mass is 35.5. The Bertz CT molecular complexity index is 484. The standard InChI is InChI=1S/C19H23NO.ClH/c1-3-7-17(8-4-1)15-20(19-11-13-21-14-12-19)16-18-9-5-2-6-10-18;/h1-10,19H,11-16H2;1H. The predicted octanol–water partition coefficient (Wildman–Crippen LogP) is 4.29. The fourth-order valence-corrected chi connectivity index (χ4v) is 3.00. The quantitative estimate of drug-likeness (QED) is 0.815. The van der Waals surface area contributed by atoms with Crippen LogP contribution in [-0.2, 0) is 17.8 Å². The van der Waals surface area contributed by atoms with Crippen LogP contribution in [-0.4, -0.2) is 24.2 Å². The Morgan fingerprint density at radius 2 is 1.23 bits per heavy atom. The monoisotopic (exact) mass is 317 g/mol. The van der Waals surface area contributed by atoms with Crippen LogP contribution < -0.4 is 0 Å². The molecular weight excluding hydrogens is 294 g/mol. The zero-order valence-electron chi connectivity index (χ0n) is 12.9. The summed E-state index contributed by atoms with van der Waals surface area (Å²) in [6.07, 6.45) is 2.28. The third-order valence-electron chi connectivity index (χ3n) is 4.16. The van der Waals surface area contributed by atoms with E-state index in [-0.39, 0.29) is 12.4 Å². The number of rotatable bonds is 5. The minimum absolute atomic E-state index is 0. The van der Waals surface area contributed by atoms with Gasteiger partial charge in [0.25, 0.3) is 0 Å². The SMILES string of the molecule is Cl.c1ccc(CN(Cc2ccccc2)C2CCOCC2)cc1. The van der Waals surface area contributed by atoms with Gasteiger partial charge in [-0.1, -0.05) is 60.7 Å². The number of hydrogen-bond acceptors (Lipinski definition) is 2. The third kappa shape index (κ3) is 4.84. The molecule has 0 bridgehead atoms. The fraction of sp³-hybridized carbons (Fsp3) is 0.368. The summed E-state index contributed by atoms with van der Waals surface area (Å²) in [4.78, 5) is 2.60. The van der Waals surface area contributed by atoms with E-state index in [4.69, 9.17) is 4.74 Å². The molecule has 1 aliphatic rings. The van der Waals surface area contributed by atoms with Crippen LogP contribution in [0, 0.1) is 0 Å². The van der Waals surface area contributed by atoms with Gasteiger partial charge >= 0.3 is 0 Å². The van der Waals surface area contributed by atoms with E-state index >= 15 is 0 Å². The molecule has 0 aliphatic carbocycles. The molecule has 1 saturated heterocycles. The van der Waals surface area contributed by atoms with Crippen LogP contribution in [0.4, 0.5) is 0 Å². The van der Waals surface area contributed by atoms with E-state index in [0.717, 1.165) is 39.1 Å². The Labute approximate surface area is 139 Å². The molecule has 1 fully saturated rings. The van der Waals surface area contributed by atoms with Crippen molar-refractivity contribution >= 4 is 12.4 Å². The van der Waals surface area contributed by atoms with Gasteiger partial charge < -0.3 is 4.74 Å². The van der Waals surface area contributed by atoms with Crippen molar-refractivity contribution < 1.29 is 4.74 Å². The minimum Gasteiger partial charge on any atom is -0.381 e. The maximum atomic E-state index is 5.52. The van der Waals surface area contributed by atoms with Crippen molar-refractivity contribution in [1.82, 2.24) is 4.90 Å². The van der Waals surface area contributed by atoms with Crippen molar-refractivity contribution in [3.05, 3.63) is 71.8 Å². The van der Waals surface area contributed by atoms with Gasteiger partial charge in [-0.3, -0.25) is 4.90 Å². The average molecular weight is 318 g/mol. The van der Waals surface area contributed by atoms with Crippen LogP contribution in [0.25, 0.3) is 0 Å². The van der Waals surface area contributed by atoms with E-state index in [9.17, 15) is 0 Å². The molecule has 0 spiro atoms. The van der Waals surface area contributed by atoms with Crippen molar-refractivity contribution in [3.8, 4) is 0 Å². The highest BCUT2D eigenvalue weighted by Crippen LogP contribution is 2.20. The molecule has 118 valence electrons. The molecule has 0 aromatic heterocycles. The lowest BCUT2D eigenvalue weighted by Crippen LogP contribution is -2.38. The Hall–Kier alpha value is -1.35. The number of benzene rings is 2. The van der Waals surface area contributed by atoms with Gasteiger partial charge in [-0.25, -0.2) is 0 Å². The first-order valence-corrected chi connectivity index (χ1v) is 7.81. The van der Waals surface area contributed by atoms with Crippen LogP contribution in [0.15, 0.2) is 60.7 Å². The van der Waals surface area contributed by atoms with Crippen molar-refractivity contribution in [2.75, 3.05) is 13.2 Å². The second-order valence-electron chi connectivity index (χ2n) is 5.72. The third-order valence-corrected chi connectivity index (χ3v) is 4.16. The first-order chi connectivity index (χ1) is 10.4. The second-order valence-corrected chi connectivity index (χ2v) is 5.72. The molecular formula is C19H24ClNO. The number of nitrogens with zero attached hydrogens (tertiary/aromatic N) is 1. The first-order valence-electron chi connectivity index (χ1n) is 7.81. The van der Waals surface area contributed by atoms with E-state index in [1.165, 1.54) is 11.1 Å².